The summed E-state index contributed by atoms with van der Waals surface area (Å²) >= 11 is 1.38. The Bertz CT molecular complexity index is 457. The molecule has 0 fully saturated rings. The third kappa shape index (κ3) is 2.94. The van der Waals surface area contributed by atoms with Gasteiger partial charge in [0.2, 0.25) is 5.91 Å². The summed E-state index contributed by atoms with van der Waals surface area (Å²) in [5, 5.41) is 11.7. The lowest BCUT2D eigenvalue weighted by Crippen LogP contribution is -2.24. The fraction of sp³-hybridized carbons (Fsp3) is 0.500. The molecule has 7 heteroatoms. The van der Waals surface area contributed by atoms with Crippen molar-refractivity contribution in [3.05, 3.63) is 10.6 Å². The van der Waals surface area contributed by atoms with Crippen LogP contribution in [0.3, 0.4) is 0 Å². The molecule has 0 unspecified atom stereocenters. The molecule has 1 atom stereocenters. The van der Waals surface area contributed by atoms with Crippen LogP contribution < -0.4 is 5.32 Å². The number of nitrogens with one attached hydrogen (secondary N) is 1. The van der Waals surface area contributed by atoms with E-state index in [0.29, 0.717) is 24.4 Å². The number of carbonyl (C=O) groups is 2. The van der Waals surface area contributed by atoms with E-state index >= 15 is 0 Å². The monoisotopic (exact) mass is 256 g/mol. The maximum Gasteiger partial charge on any atom is 0.506 e. The molecule has 1 aliphatic carbocycles. The number of aryl methyl sites for hydroxylation is 1. The largest absolute Gasteiger partial charge is 0.506 e. The fourth-order valence-corrected chi connectivity index (χ4v) is 2.91. The van der Waals surface area contributed by atoms with Gasteiger partial charge < -0.3 is 15.2 Å². The highest BCUT2D eigenvalue weighted by Gasteiger charge is 2.25. The first-order valence-electron chi connectivity index (χ1n) is 5.20. The molecule has 92 valence electrons. The van der Waals surface area contributed by atoms with Crippen LogP contribution in [0.4, 0.5) is 9.93 Å². The predicted octanol–water partition coefficient (Wildman–Crippen LogP) is 1.65. The number of thiazole rings is 1. The zero-order chi connectivity index (χ0) is 12.4. The number of fused-ring (bicyclic) bond motifs is 1. The Labute approximate surface area is 102 Å². The van der Waals surface area contributed by atoms with Gasteiger partial charge in [-0.15, -0.1) is 11.3 Å². The van der Waals surface area contributed by atoms with Gasteiger partial charge in [-0.25, -0.2) is 9.78 Å². The third-order valence-electron chi connectivity index (χ3n) is 2.44. The van der Waals surface area contributed by atoms with Gasteiger partial charge in [-0.3, -0.25) is 4.79 Å². The summed E-state index contributed by atoms with van der Waals surface area (Å²) in [6.07, 6.45) is 0.320. The van der Waals surface area contributed by atoms with E-state index in [0.717, 1.165) is 10.6 Å². The summed E-state index contributed by atoms with van der Waals surface area (Å²) in [7, 11) is 0. The number of anilines is 1. The predicted molar refractivity (Wildman–Crippen MR) is 61.3 cm³/mol. The smallest absolute Gasteiger partial charge is 0.450 e. The van der Waals surface area contributed by atoms with Gasteiger partial charge in [0, 0.05) is 18.2 Å². The van der Waals surface area contributed by atoms with Crippen molar-refractivity contribution in [3.8, 4) is 0 Å². The number of aromatic nitrogens is 1. The van der Waals surface area contributed by atoms with Gasteiger partial charge in [0.05, 0.1) is 5.69 Å². The maximum absolute atomic E-state index is 10.9. The summed E-state index contributed by atoms with van der Waals surface area (Å²) in [6, 6.07) is 0. The molecular formula is C10H12N2O4S. The lowest BCUT2D eigenvalue weighted by Gasteiger charge is -2.19. The highest BCUT2D eigenvalue weighted by Crippen LogP contribution is 2.30. The molecule has 0 spiro atoms. The molecule has 1 aromatic heterocycles. The van der Waals surface area contributed by atoms with E-state index in [1.54, 1.807) is 0 Å². The molecule has 1 aliphatic rings. The number of hydrogen-bond acceptors (Lipinski definition) is 5. The minimum atomic E-state index is -1.25. The second kappa shape index (κ2) is 4.70. The molecule has 0 radical (unpaired) electrons. The minimum Gasteiger partial charge on any atom is -0.450 e. The van der Waals surface area contributed by atoms with Crippen molar-refractivity contribution in [2.24, 2.45) is 0 Å². The quantitative estimate of drug-likeness (QED) is 0.785. The number of rotatable bonds is 2. The Balaban J connectivity index is 2.07. The third-order valence-corrected chi connectivity index (χ3v) is 3.48. The molecule has 0 aliphatic heterocycles. The van der Waals surface area contributed by atoms with Crippen molar-refractivity contribution >= 4 is 28.5 Å². The van der Waals surface area contributed by atoms with Gasteiger partial charge in [-0.1, -0.05) is 0 Å². The van der Waals surface area contributed by atoms with Crippen LogP contribution >= 0.6 is 11.3 Å². The fourth-order valence-electron chi connectivity index (χ4n) is 1.79. The van der Waals surface area contributed by atoms with E-state index in [2.05, 4.69) is 10.3 Å². The Morgan fingerprint density at radius 3 is 3.00 bits per heavy atom. The van der Waals surface area contributed by atoms with E-state index in [9.17, 15) is 9.59 Å². The van der Waals surface area contributed by atoms with Crippen molar-refractivity contribution in [1.82, 2.24) is 4.98 Å². The second-order valence-corrected chi connectivity index (χ2v) is 4.90. The van der Waals surface area contributed by atoms with Gasteiger partial charge in [-0.05, 0) is 12.8 Å². The molecule has 0 saturated carbocycles. The van der Waals surface area contributed by atoms with Crippen molar-refractivity contribution < 1.29 is 19.4 Å². The summed E-state index contributed by atoms with van der Waals surface area (Å²) in [5.74, 6) is -0.158. The van der Waals surface area contributed by atoms with Gasteiger partial charge in [0.15, 0.2) is 5.13 Å². The van der Waals surface area contributed by atoms with E-state index in [-0.39, 0.29) is 12.0 Å². The molecule has 17 heavy (non-hydrogen) atoms. The van der Waals surface area contributed by atoms with Crippen LogP contribution in [0.25, 0.3) is 0 Å². The average Bonchev–Trinajstić information content (AvgIpc) is 2.56. The molecule has 1 amide bonds. The first-order valence-corrected chi connectivity index (χ1v) is 6.02. The van der Waals surface area contributed by atoms with Crippen LogP contribution in [-0.4, -0.2) is 28.3 Å². The lowest BCUT2D eigenvalue weighted by molar-refractivity contribution is -0.114. The highest BCUT2D eigenvalue weighted by molar-refractivity contribution is 7.15. The average molecular weight is 256 g/mol. The number of carbonyl (C=O) groups excluding carboxylic acids is 1. The van der Waals surface area contributed by atoms with Gasteiger partial charge in [-0.2, -0.15) is 0 Å². The van der Waals surface area contributed by atoms with E-state index in [1.807, 2.05) is 0 Å². The lowest BCUT2D eigenvalue weighted by atomic mass is 10.0. The van der Waals surface area contributed by atoms with Crippen LogP contribution in [0.15, 0.2) is 0 Å². The minimum absolute atomic E-state index is 0.158. The maximum atomic E-state index is 10.9. The molecule has 0 aromatic carbocycles. The second-order valence-electron chi connectivity index (χ2n) is 3.82. The van der Waals surface area contributed by atoms with Crippen molar-refractivity contribution in [3.63, 3.8) is 0 Å². The van der Waals surface area contributed by atoms with E-state index in [1.165, 1.54) is 18.3 Å². The molecule has 0 bridgehead atoms. The van der Waals surface area contributed by atoms with Gasteiger partial charge in [0.25, 0.3) is 0 Å². The number of amides is 1. The standard InChI is InChI=1S/C10H12N2O4S/c1-5(13)11-9-12-7-3-2-6(16-10(14)15)4-8(7)17-9/h6H,2-4H2,1H3,(H,14,15)(H,11,12,13)/t6-/m0/s1. The molecule has 6 nitrogen and oxygen atoms in total. The van der Waals surface area contributed by atoms with Crippen molar-refractivity contribution in [1.29, 1.82) is 0 Å². The summed E-state index contributed by atoms with van der Waals surface area (Å²) in [6.45, 7) is 1.43. The van der Waals surface area contributed by atoms with Crippen LogP contribution in [0.1, 0.15) is 23.9 Å². The Kier molecular flexibility index (Phi) is 3.28. The molecular weight excluding hydrogens is 244 g/mol. The first kappa shape index (κ1) is 11.8. The number of carboxylic acid groups (broad SMARTS) is 1. The topological polar surface area (TPSA) is 88.5 Å². The van der Waals surface area contributed by atoms with Crippen molar-refractivity contribution in [2.75, 3.05) is 5.32 Å². The van der Waals surface area contributed by atoms with E-state index < -0.39 is 6.16 Å². The Hall–Kier alpha value is -1.63. The molecule has 1 aromatic rings. The van der Waals surface area contributed by atoms with Gasteiger partial charge >= 0.3 is 6.16 Å². The SMILES string of the molecule is CC(=O)Nc1nc2c(s1)C[C@@H](OC(=O)O)CC2. The van der Waals surface area contributed by atoms with Crippen LogP contribution in [0.2, 0.25) is 0 Å². The molecule has 2 N–H and O–H groups in total. The zero-order valence-corrected chi connectivity index (χ0v) is 10.0. The van der Waals surface area contributed by atoms with Crippen LogP contribution in [0, 0.1) is 0 Å². The number of ether oxygens (including phenoxy) is 1. The van der Waals surface area contributed by atoms with Gasteiger partial charge in [0.1, 0.15) is 6.10 Å². The first-order chi connectivity index (χ1) is 8.04. The number of nitrogens with zero attached hydrogens (tertiary/aromatic N) is 1. The Morgan fingerprint density at radius 2 is 2.35 bits per heavy atom. The molecule has 1 heterocycles. The normalized spacial score (nSPS) is 18.3. The molecule has 2 rings (SSSR count). The molecule has 0 saturated heterocycles. The Morgan fingerprint density at radius 1 is 1.59 bits per heavy atom. The number of hydrogen-bond donors (Lipinski definition) is 2. The summed E-state index contributed by atoms with van der Waals surface area (Å²) in [4.78, 5) is 26.6. The van der Waals surface area contributed by atoms with E-state index in [4.69, 9.17) is 9.84 Å². The van der Waals surface area contributed by atoms with Crippen LogP contribution in [-0.2, 0) is 22.4 Å². The summed E-state index contributed by atoms with van der Waals surface area (Å²) in [5.41, 5.74) is 0.934. The van der Waals surface area contributed by atoms with Crippen LogP contribution in [0.5, 0.6) is 0 Å². The summed E-state index contributed by atoms with van der Waals surface area (Å²) < 4.78 is 4.75. The zero-order valence-electron chi connectivity index (χ0n) is 9.23. The van der Waals surface area contributed by atoms with Crippen molar-refractivity contribution in [2.45, 2.75) is 32.3 Å². The highest BCUT2D eigenvalue weighted by atomic mass is 32.1.